The number of nitrogens with zero attached hydrogens (tertiary/aromatic N) is 1. The molecular formula is C22H20INO5S. The molecule has 156 valence electrons. The van der Waals surface area contributed by atoms with Gasteiger partial charge in [-0.3, -0.25) is 9.59 Å². The minimum Gasteiger partial charge on any atom is -0.495 e. The van der Waals surface area contributed by atoms with E-state index in [9.17, 15) is 9.59 Å². The molecule has 0 aromatic heterocycles. The predicted molar refractivity (Wildman–Crippen MR) is 127 cm³/mol. The van der Waals surface area contributed by atoms with Crippen molar-refractivity contribution in [3.8, 4) is 17.2 Å². The Labute approximate surface area is 193 Å². The van der Waals surface area contributed by atoms with Crippen molar-refractivity contribution in [2.45, 2.75) is 6.92 Å². The Morgan fingerprint density at radius 1 is 1.17 bits per heavy atom. The van der Waals surface area contributed by atoms with Gasteiger partial charge in [-0.1, -0.05) is 24.8 Å². The highest BCUT2D eigenvalue weighted by Crippen LogP contribution is 2.41. The van der Waals surface area contributed by atoms with Gasteiger partial charge in [0, 0.05) is 0 Å². The zero-order chi connectivity index (χ0) is 21.7. The molecule has 0 aliphatic carbocycles. The van der Waals surface area contributed by atoms with Crippen LogP contribution in [0.3, 0.4) is 0 Å². The lowest BCUT2D eigenvalue weighted by molar-refractivity contribution is -0.113. The second-order valence-corrected chi connectivity index (χ2v) is 8.21. The van der Waals surface area contributed by atoms with Crippen LogP contribution >= 0.6 is 34.4 Å². The molecular weight excluding hydrogens is 517 g/mol. The predicted octanol–water partition coefficient (Wildman–Crippen LogP) is 5.50. The van der Waals surface area contributed by atoms with Crippen molar-refractivity contribution in [2.75, 3.05) is 25.2 Å². The number of halogens is 1. The maximum atomic E-state index is 13.0. The molecule has 1 saturated heterocycles. The van der Waals surface area contributed by atoms with Gasteiger partial charge in [0.05, 0.1) is 27.9 Å². The topological polar surface area (TPSA) is 65.1 Å². The third kappa shape index (κ3) is 4.65. The van der Waals surface area contributed by atoms with E-state index in [1.54, 1.807) is 42.5 Å². The van der Waals surface area contributed by atoms with Crippen LogP contribution in [-0.4, -0.2) is 31.5 Å². The van der Waals surface area contributed by atoms with Gasteiger partial charge >= 0.3 is 0 Å². The number of para-hydroxylation sites is 2. The summed E-state index contributed by atoms with van der Waals surface area (Å²) in [5.74, 6) is 1.26. The molecule has 8 heteroatoms. The molecule has 2 aromatic carbocycles. The van der Waals surface area contributed by atoms with E-state index in [1.165, 1.54) is 7.11 Å². The third-order valence-corrected chi connectivity index (χ3v) is 5.77. The van der Waals surface area contributed by atoms with Crippen LogP contribution in [0, 0.1) is 3.57 Å². The summed E-state index contributed by atoms with van der Waals surface area (Å²) in [6.07, 6.45) is 3.34. The average molecular weight is 537 g/mol. The number of hydrogen-bond donors (Lipinski definition) is 0. The summed E-state index contributed by atoms with van der Waals surface area (Å²) < 4.78 is 17.6. The number of anilines is 1. The fourth-order valence-electron chi connectivity index (χ4n) is 2.86. The number of carbonyl (C=O) groups excluding carboxylic acids is 2. The Kier molecular flexibility index (Phi) is 7.43. The second-order valence-electron chi connectivity index (χ2n) is 6.05. The fraction of sp³-hybridized carbons (Fsp3) is 0.182. The highest BCUT2D eigenvalue weighted by Gasteiger charge is 2.37. The SMILES string of the molecule is C=CCOc1c(I)cc(/C=C2\SC(=O)N(c3ccccc3OC)C2=O)cc1OCC. The smallest absolute Gasteiger partial charge is 0.298 e. The van der Waals surface area contributed by atoms with E-state index in [1.807, 2.05) is 13.0 Å². The van der Waals surface area contributed by atoms with Crippen LogP contribution in [0.2, 0.25) is 0 Å². The van der Waals surface area contributed by atoms with Gasteiger partial charge in [-0.2, -0.15) is 0 Å². The fourth-order valence-corrected chi connectivity index (χ4v) is 4.47. The molecule has 6 nitrogen and oxygen atoms in total. The summed E-state index contributed by atoms with van der Waals surface area (Å²) in [6, 6.07) is 10.6. The van der Waals surface area contributed by atoms with Gasteiger partial charge in [-0.15, -0.1) is 0 Å². The standard InChI is InChI=1S/C22H20INO5S/c1-4-10-29-20-15(23)11-14(12-18(20)28-5-2)13-19-21(25)24(22(26)30-19)16-8-6-7-9-17(16)27-3/h4,6-9,11-13H,1,5,10H2,2-3H3/b19-13-. The van der Waals surface area contributed by atoms with Crippen molar-refractivity contribution in [2.24, 2.45) is 0 Å². The van der Waals surface area contributed by atoms with E-state index in [4.69, 9.17) is 14.2 Å². The lowest BCUT2D eigenvalue weighted by atomic mass is 10.1. The molecule has 2 aromatic rings. The summed E-state index contributed by atoms with van der Waals surface area (Å²) in [4.78, 5) is 27.0. The zero-order valence-electron chi connectivity index (χ0n) is 16.5. The summed E-state index contributed by atoms with van der Waals surface area (Å²) in [7, 11) is 1.50. The quantitative estimate of drug-likeness (QED) is 0.252. The van der Waals surface area contributed by atoms with Gasteiger partial charge in [0.1, 0.15) is 12.4 Å². The first kappa shape index (κ1) is 22.2. The Hall–Kier alpha value is -2.46. The van der Waals surface area contributed by atoms with E-state index in [0.717, 1.165) is 25.8 Å². The zero-order valence-corrected chi connectivity index (χ0v) is 19.5. The maximum absolute atomic E-state index is 13.0. The molecule has 1 heterocycles. The van der Waals surface area contributed by atoms with E-state index >= 15 is 0 Å². The number of ether oxygens (including phenoxy) is 3. The molecule has 0 atom stereocenters. The molecule has 1 aliphatic rings. The number of thioether (sulfide) groups is 1. The van der Waals surface area contributed by atoms with Crippen LogP contribution in [-0.2, 0) is 4.79 Å². The number of imide groups is 1. The van der Waals surface area contributed by atoms with E-state index in [2.05, 4.69) is 29.2 Å². The minimum absolute atomic E-state index is 0.323. The normalized spacial score (nSPS) is 14.9. The van der Waals surface area contributed by atoms with Crippen LogP contribution < -0.4 is 19.1 Å². The molecule has 30 heavy (non-hydrogen) atoms. The Balaban J connectivity index is 1.96. The largest absolute Gasteiger partial charge is 0.495 e. The van der Waals surface area contributed by atoms with Crippen molar-refractivity contribution in [3.63, 3.8) is 0 Å². The molecule has 0 spiro atoms. The number of carbonyl (C=O) groups is 2. The van der Waals surface area contributed by atoms with Crippen LogP contribution in [0.25, 0.3) is 6.08 Å². The molecule has 1 fully saturated rings. The summed E-state index contributed by atoms with van der Waals surface area (Å²) in [5, 5.41) is -0.374. The van der Waals surface area contributed by atoms with E-state index < -0.39 is 5.91 Å². The molecule has 0 saturated carbocycles. The van der Waals surface area contributed by atoms with Crippen LogP contribution in [0.15, 0.2) is 54.0 Å². The van der Waals surface area contributed by atoms with Crippen molar-refractivity contribution in [1.82, 2.24) is 0 Å². The maximum Gasteiger partial charge on any atom is 0.298 e. The molecule has 2 amide bonds. The Morgan fingerprint density at radius 2 is 1.93 bits per heavy atom. The second kappa shape index (κ2) is 10.0. The number of methoxy groups -OCH3 is 1. The van der Waals surface area contributed by atoms with Crippen molar-refractivity contribution < 1.29 is 23.8 Å². The summed E-state index contributed by atoms with van der Waals surface area (Å²) in [5.41, 5.74) is 1.16. The molecule has 0 unspecified atom stereocenters. The number of rotatable bonds is 8. The number of hydrogen-bond acceptors (Lipinski definition) is 6. The van der Waals surface area contributed by atoms with Gasteiger partial charge in [-0.05, 0) is 77.2 Å². The van der Waals surface area contributed by atoms with Crippen molar-refractivity contribution in [1.29, 1.82) is 0 Å². The first-order valence-electron chi connectivity index (χ1n) is 9.11. The first-order chi connectivity index (χ1) is 14.5. The van der Waals surface area contributed by atoms with Gasteiger partial charge < -0.3 is 14.2 Å². The molecule has 1 aliphatic heterocycles. The van der Waals surface area contributed by atoms with Crippen LogP contribution in [0.5, 0.6) is 17.2 Å². The molecule has 0 bridgehead atoms. The van der Waals surface area contributed by atoms with Gasteiger partial charge in [-0.25, -0.2) is 4.90 Å². The lowest BCUT2D eigenvalue weighted by Crippen LogP contribution is -2.28. The number of amides is 2. The highest BCUT2D eigenvalue weighted by atomic mass is 127. The Bertz CT molecular complexity index is 1020. The minimum atomic E-state index is -0.394. The van der Waals surface area contributed by atoms with Gasteiger partial charge in [0.25, 0.3) is 11.1 Å². The number of benzene rings is 2. The Morgan fingerprint density at radius 3 is 2.63 bits per heavy atom. The van der Waals surface area contributed by atoms with Crippen LogP contribution in [0.1, 0.15) is 12.5 Å². The third-order valence-electron chi connectivity index (χ3n) is 4.09. The first-order valence-corrected chi connectivity index (χ1v) is 11.0. The van der Waals surface area contributed by atoms with Crippen LogP contribution in [0.4, 0.5) is 10.5 Å². The summed E-state index contributed by atoms with van der Waals surface area (Å²) in [6.45, 7) is 6.37. The highest BCUT2D eigenvalue weighted by molar-refractivity contribution is 14.1. The van der Waals surface area contributed by atoms with E-state index in [-0.39, 0.29) is 5.24 Å². The monoisotopic (exact) mass is 537 g/mol. The van der Waals surface area contributed by atoms with E-state index in [0.29, 0.717) is 41.1 Å². The lowest BCUT2D eigenvalue weighted by Gasteiger charge is -2.16. The molecule has 3 rings (SSSR count). The van der Waals surface area contributed by atoms with Gasteiger partial charge in [0.15, 0.2) is 11.5 Å². The molecule has 0 radical (unpaired) electrons. The van der Waals surface area contributed by atoms with Gasteiger partial charge in [0.2, 0.25) is 0 Å². The average Bonchev–Trinajstić information content (AvgIpc) is 3.00. The van der Waals surface area contributed by atoms with Crippen molar-refractivity contribution >= 4 is 57.3 Å². The van der Waals surface area contributed by atoms with Crippen molar-refractivity contribution in [3.05, 3.63) is 63.1 Å². The summed E-state index contributed by atoms with van der Waals surface area (Å²) >= 11 is 3.04. The molecule has 0 N–H and O–H groups in total.